The van der Waals surface area contributed by atoms with E-state index in [1.807, 2.05) is 42.6 Å². The molecule has 0 saturated heterocycles. The third-order valence-electron chi connectivity index (χ3n) is 8.78. The summed E-state index contributed by atoms with van der Waals surface area (Å²) in [5, 5.41) is 6.80. The van der Waals surface area contributed by atoms with E-state index in [4.69, 9.17) is 0 Å². The molecule has 2 amide bonds. The summed E-state index contributed by atoms with van der Waals surface area (Å²) in [7, 11) is -3.54. The fourth-order valence-corrected chi connectivity index (χ4v) is 7.16. The van der Waals surface area contributed by atoms with E-state index in [0.29, 0.717) is 30.0 Å². The third-order valence-corrected chi connectivity index (χ3v) is 10.5. The number of H-pyrrole nitrogens is 1. The van der Waals surface area contributed by atoms with Gasteiger partial charge in [0.15, 0.2) is 15.6 Å². The smallest absolute Gasteiger partial charge is 0.319 e. The van der Waals surface area contributed by atoms with Gasteiger partial charge in [-0.25, -0.2) is 13.2 Å². The lowest BCUT2D eigenvalue weighted by molar-refractivity contribution is -0.121. The van der Waals surface area contributed by atoms with Crippen molar-refractivity contribution >= 4 is 38.2 Å². The second kappa shape index (κ2) is 15.6. The minimum Gasteiger partial charge on any atom is -0.361 e. The van der Waals surface area contributed by atoms with E-state index in [2.05, 4.69) is 50.2 Å². The topological polar surface area (TPSA) is 108 Å². The molecule has 0 aliphatic carbocycles. The fraction of sp³-hybridized carbons (Fsp3) is 0.421. The van der Waals surface area contributed by atoms with Crippen molar-refractivity contribution in [2.45, 2.75) is 102 Å². The maximum Gasteiger partial charge on any atom is 0.319 e. The average Bonchev–Trinajstić information content (AvgIpc) is 3.44. The highest BCUT2D eigenvalue weighted by Crippen LogP contribution is 2.26. The van der Waals surface area contributed by atoms with Crippen LogP contribution in [0.5, 0.6) is 0 Å². The number of amides is 2. The van der Waals surface area contributed by atoms with E-state index in [9.17, 15) is 18.0 Å². The van der Waals surface area contributed by atoms with Crippen molar-refractivity contribution in [3.8, 4) is 0 Å². The van der Waals surface area contributed by atoms with Crippen LogP contribution in [0.4, 0.5) is 10.5 Å². The summed E-state index contributed by atoms with van der Waals surface area (Å²) in [6.07, 6.45) is 7.96. The lowest BCUT2D eigenvalue weighted by atomic mass is 9.87. The summed E-state index contributed by atoms with van der Waals surface area (Å²) < 4.78 is 26.2. The zero-order chi connectivity index (χ0) is 33.3. The number of nitrogens with one attached hydrogen (secondary N) is 3. The summed E-state index contributed by atoms with van der Waals surface area (Å²) in [5.74, 6) is 0.370. The minimum atomic E-state index is -3.54. The van der Waals surface area contributed by atoms with Crippen LogP contribution in [0.25, 0.3) is 10.9 Å². The number of anilines is 1. The Bertz CT molecular complexity index is 1700. The highest BCUT2D eigenvalue weighted by atomic mass is 32.2. The first-order chi connectivity index (χ1) is 21.9. The SMILES string of the molecule is CCCCC(CC)CCC(=O)[C@H](Cc1c[nH]c2ccccc12)NC(=O)Nc1ccc(CS(=O)(=O)c2ccc(C(C)(C)C)cc2)cc1. The van der Waals surface area contributed by atoms with Crippen LogP contribution < -0.4 is 10.6 Å². The Labute approximate surface area is 274 Å². The largest absolute Gasteiger partial charge is 0.361 e. The Morgan fingerprint density at radius 1 is 0.891 bits per heavy atom. The standard InChI is InChI=1S/C38H49N3O4S/c1-6-8-11-27(7-2)16-23-36(42)35(24-29-25-39-34-13-10-9-12-33(29)34)41-37(43)40-31-19-14-28(15-20-31)26-46(44,45)32-21-17-30(18-22-32)38(3,4)5/h9-10,12-15,17-22,25,27,35,39H,6-8,11,16,23-24,26H2,1-5H3,(H2,40,41,43)/t27?,35-/m0/s1. The molecule has 0 aliphatic heterocycles. The Kier molecular flexibility index (Phi) is 11.8. The fourth-order valence-electron chi connectivity index (χ4n) is 5.81. The van der Waals surface area contributed by atoms with E-state index in [-0.39, 0.29) is 21.8 Å². The lowest BCUT2D eigenvalue weighted by Gasteiger charge is -2.20. The van der Waals surface area contributed by atoms with Crippen LogP contribution in [-0.4, -0.2) is 31.3 Å². The predicted molar refractivity (Wildman–Crippen MR) is 188 cm³/mol. The number of carbonyl (C=O) groups is 2. The van der Waals surface area contributed by atoms with Gasteiger partial charge in [0.25, 0.3) is 0 Å². The minimum absolute atomic E-state index is 0.0199. The number of urea groups is 1. The van der Waals surface area contributed by atoms with Crippen molar-refractivity contribution in [3.63, 3.8) is 0 Å². The van der Waals surface area contributed by atoms with Gasteiger partial charge in [0, 0.05) is 35.6 Å². The zero-order valence-electron chi connectivity index (χ0n) is 27.9. The van der Waals surface area contributed by atoms with E-state index >= 15 is 0 Å². The predicted octanol–water partition coefficient (Wildman–Crippen LogP) is 8.74. The number of hydrogen-bond donors (Lipinski definition) is 3. The molecule has 8 heteroatoms. The van der Waals surface area contributed by atoms with Gasteiger partial charge in [-0.05, 0) is 64.8 Å². The quantitative estimate of drug-likeness (QED) is 0.120. The van der Waals surface area contributed by atoms with Crippen molar-refractivity contribution < 1.29 is 18.0 Å². The number of para-hydroxylation sites is 1. The van der Waals surface area contributed by atoms with E-state index < -0.39 is 21.9 Å². The Morgan fingerprint density at radius 2 is 1.59 bits per heavy atom. The van der Waals surface area contributed by atoms with Crippen LogP contribution in [0.15, 0.2) is 83.9 Å². The highest BCUT2D eigenvalue weighted by molar-refractivity contribution is 7.90. The van der Waals surface area contributed by atoms with Gasteiger partial charge in [-0.1, -0.05) is 103 Å². The van der Waals surface area contributed by atoms with E-state index in [1.165, 1.54) is 0 Å². The number of fused-ring (bicyclic) bond motifs is 1. The summed E-state index contributed by atoms with van der Waals surface area (Å²) in [5.41, 5.74) is 4.10. The molecule has 0 spiro atoms. The molecule has 0 fully saturated rings. The molecule has 7 nitrogen and oxygen atoms in total. The molecule has 3 aromatic carbocycles. The number of aromatic amines is 1. The van der Waals surface area contributed by atoms with Gasteiger partial charge in [0.05, 0.1) is 16.7 Å². The van der Waals surface area contributed by atoms with Crippen LogP contribution >= 0.6 is 0 Å². The second-order valence-corrected chi connectivity index (χ2v) is 15.4. The second-order valence-electron chi connectivity index (χ2n) is 13.4. The van der Waals surface area contributed by atoms with Crippen molar-refractivity contribution in [2.75, 3.05) is 5.32 Å². The van der Waals surface area contributed by atoms with Gasteiger partial charge < -0.3 is 15.6 Å². The van der Waals surface area contributed by atoms with Crippen molar-refractivity contribution in [1.29, 1.82) is 0 Å². The first-order valence-electron chi connectivity index (χ1n) is 16.5. The van der Waals surface area contributed by atoms with E-state index in [1.54, 1.807) is 36.4 Å². The number of carbonyl (C=O) groups excluding carboxylic acids is 2. The van der Waals surface area contributed by atoms with Gasteiger partial charge in [0.1, 0.15) is 0 Å². The van der Waals surface area contributed by atoms with Gasteiger partial charge in [-0.15, -0.1) is 0 Å². The van der Waals surface area contributed by atoms with Crippen LogP contribution in [-0.2, 0) is 32.2 Å². The first-order valence-corrected chi connectivity index (χ1v) is 18.1. The molecular weight excluding hydrogens is 595 g/mol. The number of sulfone groups is 1. The van der Waals surface area contributed by atoms with Crippen LogP contribution in [0.3, 0.4) is 0 Å². The molecule has 0 bridgehead atoms. The summed E-state index contributed by atoms with van der Waals surface area (Å²) in [4.78, 5) is 30.3. The van der Waals surface area contributed by atoms with Gasteiger partial charge in [0.2, 0.25) is 0 Å². The summed E-state index contributed by atoms with van der Waals surface area (Å²) in [6.45, 7) is 10.6. The summed E-state index contributed by atoms with van der Waals surface area (Å²) in [6, 6.07) is 20.6. The van der Waals surface area contributed by atoms with Crippen LogP contribution in [0.1, 0.15) is 89.8 Å². The Balaban J connectivity index is 1.41. The number of aromatic nitrogens is 1. The van der Waals surface area contributed by atoms with Gasteiger partial charge in [-0.3, -0.25) is 4.79 Å². The molecule has 4 rings (SSSR count). The maximum atomic E-state index is 13.5. The Morgan fingerprint density at radius 3 is 2.24 bits per heavy atom. The van der Waals surface area contributed by atoms with Crippen molar-refractivity contribution in [1.82, 2.24) is 10.3 Å². The zero-order valence-corrected chi connectivity index (χ0v) is 28.7. The molecule has 0 radical (unpaired) electrons. The number of rotatable bonds is 15. The lowest BCUT2D eigenvalue weighted by Crippen LogP contribution is -2.44. The third kappa shape index (κ3) is 9.55. The molecular formula is C38H49N3O4S. The number of benzene rings is 3. The monoisotopic (exact) mass is 643 g/mol. The molecule has 3 N–H and O–H groups in total. The molecule has 246 valence electrons. The van der Waals surface area contributed by atoms with Crippen molar-refractivity contribution in [2.24, 2.45) is 5.92 Å². The van der Waals surface area contributed by atoms with Crippen LogP contribution in [0.2, 0.25) is 0 Å². The molecule has 1 aromatic heterocycles. The van der Waals surface area contributed by atoms with E-state index in [0.717, 1.165) is 54.1 Å². The van der Waals surface area contributed by atoms with Crippen molar-refractivity contribution in [3.05, 3.63) is 95.7 Å². The van der Waals surface area contributed by atoms with Crippen LogP contribution in [0, 0.1) is 5.92 Å². The molecule has 0 aliphatic rings. The average molecular weight is 644 g/mol. The van der Waals surface area contributed by atoms with Gasteiger partial charge >= 0.3 is 6.03 Å². The number of Topliss-reactive ketones (excluding diaryl/α,β-unsaturated/α-hetero) is 1. The molecule has 1 unspecified atom stereocenters. The molecule has 46 heavy (non-hydrogen) atoms. The molecule has 2 atom stereocenters. The molecule has 4 aromatic rings. The van der Waals surface area contributed by atoms with Gasteiger partial charge in [-0.2, -0.15) is 0 Å². The number of hydrogen-bond acceptors (Lipinski definition) is 4. The summed E-state index contributed by atoms with van der Waals surface area (Å²) >= 11 is 0. The highest BCUT2D eigenvalue weighted by Gasteiger charge is 2.24. The first kappa shape index (κ1) is 35.0. The maximum absolute atomic E-state index is 13.5. The number of unbranched alkanes of at least 4 members (excludes halogenated alkanes) is 1. The normalized spacial score (nSPS) is 13.3. The Hall–Kier alpha value is -3.91. The molecule has 1 heterocycles. The molecule has 0 saturated carbocycles. The number of ketones is 1.